The van der Waals surface area contributed by atoms with Crippen LogP contribution in [0.3, 0.4) is 0 Å². The van der Waals surface area contributed by atoms with E-state index >= 15 is 0 Å². The Hall–Kier alpha value is -0.330. The Bertz CT molecular complexity index is 174. The highest BCUT2D eigenvalue weighted by Gasteiger charge is 2.27. The van der Waals surface area contributed by atoms with Crippen molar-refractivity contribution in [1.29, 1.82) is 0 Å². The summed E-state index contributed by atoms with van der Waals surface area (Å²) in [6, 6.07) is -0.199. The van der Waals surface area contributed by atoms with Crippen molar-refractivity contribution in [3.05, 3.63) is 0 Å². The van der Waals surface area contributed by atoms with Crippen molar-refractivity contribution in [3.63, 3.8) is 0 Å². The predicted octanol–water partition coefficient (Wildman–Crippen LogP) is 1.97. The summed E-state index contributed by atoms with van der Waals surface area (Å²) in [6.07, 6.45) is -4.21. The predicted molar refractivity (Wildman–Crippen MR) is 55.4 cm³/mol. The number of likely N-dealkylation sites (N-methyl/N-ethyl adjacent to an activating group) is 1. The summed E-state index contributed by atoms with van der Waals surface area (Å²) >= 11 is 0. The summed E-state index contributed by atoms with van der Waals surface area (Å²) in [7, 11) is 0. The van der Waals surface area contributed by atoms with Crippen LogP contribution < -0.4 is 5.32 Å². The number of halogens is 3. The van der Waals surface area contributed by atoms with Crippen LogP contribution in [0.4, 0.5) is 13.2 Å². The summed E-state index contributed by atoms with van der Waals surface area (Å²) in [5.74, 6) is 0. The average Bonchev–Trinajstić information content (AvgIpc) is 2.12. The van der Waals surface area contributed by atoms with Crippen LogP contribution in [0.1, 0.15) is 20.8 Å². The fourth-order valence-electron chi connectivity index (χ4n) is 1.08. The first kappa shape index (κ1) is 15.7. The lowest BCUT2D eigenvalue weighted by molar-refractivity contribution is -0.176. The second-order valence-corrected chi connectivity index (χ2v) is 3.77. The van der Waals surface area contributed by atoms with Crippen LogP contribution >= 0.6 is 0 Å². The minimum atomic E-state index is -4.27. The first-order chi connectivity index (χ1) is 7.35. The van der Waals surface area contributed by atoms with Crippen LogP contribution in [0.2, 0.25) is 0 Å². The van der Waals surface area contributed by atoms with E-state index in [0.29, 0.717) is 13.2 Å². The van der Waals surface area contributed by atoms with Gasteiger partial charge in [0.1, 0.15) is 6.61 Å². The second kappa shape index (κ2) is 7.86. The third kappa shape index (κ3) is 10.2. The molecule has 0 saturated carbocycles. The molecule has 1 atom stereocenters. The second-order valence-electron chi connectivity index (χ2n) is 3.77. The molecule has 0 rings (SSSR count). The molecule has 3 nitrogen and oxygen atoms in total. The Kier molecular flexibility index (Phi) is 7.70. The van der Waals surface area contributed by atoms with Crippen LogP contribution in [0.5, 0.6) is 0 Å². The van der Waals surface area contributed by atoms with Gasteiger partial charge in [0.15, 0.2) is 0 Å². The quantitative estimate of drug-likeness (QED) is 0.707. The molecule has 0 aliphatic carbocycles. The zero-order chi connectivity index (χ0) is 12.6. The largest absolute Gasteiger partial charge is 0.411 e. The van der Waals surface area contributed by atoms with Gasteiger partial charge in [-0.1, -0.05) is 6.92 Å². The minimum absolute atomic E-state index is 0.0000694. The van der Waals surface area contributed by atoms with Crippen LogP contribution in [-0.2, 0) is 9.47 Å². The molecule has 0 radical (unpaired) electrons. The zero-order valence-corrected chi connectivity index (χ0v) is 9.93. The SMILES string of the molecule is CCNC(COCC(F)(F)F)COC(C)C. The van der Waals surface area contributed by atoms with Gasteiger partial charge in [-0.25, -0.2) is 0 Å². The number of hydrogen-bond donors (Lipinski definition) is 1. The highest BCUT2D eigenvalue weighted by molar-refractivity contribution is 4.65. The molecule has 0 amide bonds. The lowest BCUT2D eigenvalue weighted by Gasteiger charge is -2.19. The van der Waals surface area contributed by atoms with Gasteiger partial charge in [-0.15, -0.1) is 0 Å². The summed E-state index contributed by atoms with van der Waals surface area (Å²) in [5.41, 5.74) is 0. The summed E-state index contributed by atoms with van der Waals surface area (Å²) in [4.78, 5) is 0. The van der Waals surface area contributed by atoms with Crippen molar-refractivity contribution in [1.82, 2.24) is 5.32 Å². The molecule has 1 unspecified atom stereocenters. The maximum absolute atomic E-state index is 11.8. The van der Waals surface area contributed by atoms with Gasteiger partial charge in [-0.2, -0.15) is 13.2 Å². The molecule has 0 aromatic carbocycles. The fourth-order valence-corrected chi connectivity index (χ4v) is 1.08. The van der Waals surface area contributed by atoms with E-state index in [1.807, 2.05) is 20.8 Å². The third-order valence-corrected chi connectivity index (χ3v) is 1.71. The Morgan fingerprint density at radius 2 is 1.81 bits per heavy atom. The molecule has 16 heavy (non-hydrogen) atoms. The molecule has 0 bridgehead atoms. The molecule has 0 aliphatic heterocycles. The number of hydrogen-bond acceptors (Lipinski definition) is 3. The van der Waals surface area contributed by atoms with Gasteiger partial charge in [-0.05, 0) is 20.4 Å². The molecule has 6 heteroatoms. The van der Waals surface area contributed by atoms with E-state index < -0.39 is 12.8 Å². The lowest BCUT2D eigenvalue weighted by atomic mass is 10.3. The Morgan fingerprint density at radius 1 is 1.19 bits per heavy atom. The lowest BCUT2D eigenvalue weighted by Crippen LogP contribution is -2.39. The minimum Gasteiger partial charge on any atom is -0.377 e. The fraction of sp³-hybridized carbons (Fsp3) is 1.00. The Morgan fingerprint density at radius 3 is 2.25 bits per heavy atom. The summed E-state index contributed by atoms with van der Waals surface area (Å²) in [6.45, 7) is 5.44. The maximum Gasteiger partial charge on any atom is 0.411 e. The van der Waals surface area contributed by atoms with Crippen LogP contribution in [0, 0.1) is 0 Å². The van der Waals surface area contributed by atoms with Crippen molar-refractivity contribution in [2.75, 3.05) is 26.4 Å². The molecule has 98 valence electrons. The molecular formula is C10H20F3NO2. The molecule has 0 aromatic heterocycles. The van der Waals surface area contributed by atoms with Crippen molar-refractivity contribution >= 4 is 0 Å². The van der Waals surface area contributed by atoms with Gasteiger partial charge in [0.2, 0.25) is 0 Å². The Balaban J connectivity index is 3.76. The van der Waals surface area contributed by atoms with Crippen LogP contribution in [0.15, 0.2) is 0 Å². The van der Waals surface area contributed by atoms with Gasteiger partial charge in [0.05, 0.1) is 25.4 Å². The first-order valence-corrected chi connectivity index (χ1v) is 5.34. The van der Waals surface area contributed by atoms with Crippen LogP contribution in [0.25, 0.3) is 0 Å². The van der Waals surface area contributed by atoms with Crippen molar-refractivity contribution in [3.8, 4) is 0 Å². The molecule has 0 aromatic rings. The van der Waals surface area contributed by atoms with Crippen LogP contribution in [-0.4, -0.2) is 44.7 Å². The van der Waals surface area contributed by atoms with E-state index in [1.54, 1.807) is 0 Å². The van der Waals surface area contributed by atoms with E-state index in [0.717, 1.165) is 0 Å². The number of alkyl halides is 3. The van der Waals surface area contributed by atoms with E-state index in [-0.39, 0.29) is 18.8 Å². The number of rotatable bonds is 8. The van der Waals surface area contributed by atoms with Crippen molar-refractivity contribution in [2.45, 2.75) is 39.1 Å². The molecule has 0 fully saturated rings. The molecule has 0 aliphatic rings. The van der Waals surface area contributed by atoms with Gasteiger partial charge in [0, 0.05) is 0 Å². The number of ether oxygens (including phenoxy) is 2. The highest BCUT2D eigenvalue weighted by Crippen LogP contribution is 2.14. The summed E-state index contributed by atoms with van der Waals surface area (Å²) < 4.78 is 45.4. The van der Waals surface area contributed by atoms with E-state index in [4.69, 9.17) is 4.74 Å². The molecule has 1 N–H and O–H groups in total. The molecular weight excluding hydrogens is 223 g/mol. The molecule has 0 heterocycles. The van der Waals surface area contributed by atoms with E-state index in [9.17, 15) is 13.2 Å². The number of nitrogens with one attached hydrogen (secondary N) is 1. The van der Waals surface area contributed by atoms with Gasteiger partial charge >= 0.3 is 6.18 Å². The third-order valence-electron chi connectivity index (χ3n) is 1.71. The topological polar surface area (TPSA) is 30.5 Å². The standard InChI is InChI=1S/C10H20F3NO2/c1-4-14-9(6-16-8(2)3)5-15-7-10(11,12)13/h8-9,14H,4-7H2,1-3H3. The molecule has 0 saturated heterocycles. The van der Waals surface area contributed by atoms with Gasteiger partial charge in [0.25, 0.3) is 0 Å². The smallest absolute Gasteiger partial charge is 0.377 e. The van der Waals surface area contributed by atoms with E-state index in [2.05, 4.69) is 10.1 Å². The van der Waals surface area contributed by atoms with E-state index in [1.165, 1.54) is 0 Å². The monoisotopic (exact) mass is 243 g/mol. The summed E-state index contributed by atoms with van der Waals surface area (Å²) in [5, 5.41) is 3.01. The average molecular weight is 243 g/mol. The highest BCUT2D eigenvalue weighted by atomic mass is 19.4. The van der Waals surface area contributed by atoms with Crippen molar-refractivity contribution in [2.24, 2.45) is 0 Å². The zero-order valence-electron chi connectivity index (χ0n) is 9.93. The first-order valence-electron chi connectivity index (χ1n) is 5.34. The maximum atomic E-state index is 11.8. The molecule has 0 spiro atoms. The van der Waals surface area contributed by atoms with Crippen molar-refractivity contribution < 1.29 is 22.6 Å². The van der Waals surface area contributed by atoms with Gasteiger partial charge < -0.3 is 14.8 Å². The van der Waals surface area contributed by atoms with Gasteiger partial charge in [-0.3, -0.25) is 0 Å². The normalized spacial score (nSPS) is 14.4. The Labute approximate surface area is 94.3 Å².